The lowest BCUT2D eigenvalue weighted by atomic mass is 10.2. The predicted molar refractivity (Wildman–Crippen MR) is 77.2 cm³/mol. The van der Waals surface area contributed by atoms with Gasteiger partial charge in [-0.1, -0.05) is 6.07 Å². The van der Waals surface area contributed by atoms with Gasteiger partial charge in [-0.2, -0.15) is 15.1 Å². The summed E-state index contributed by atoms with van der Waals surface area (Å²) in [6, 6.07) is 5.76. The molecule has 7 heteroatoms. The summed E-state index contributed by atoms with van der Waals surface area (Å²) in [5.74, 6) is 1.58. The molecule has 0 saturated carbocycles. The van der Waals surface area contributed by atoms with Gasteiger partial charge in [-0.05, 0) is 12.1 Å². The van der Waals surface area contributed by atoms with E-state index in [0.29, 0.717) is 0 Å². The minimum absolute atomic E-state index is 0.197. The Labute approximate surface area is 114 Å². The summed E-state index contributed by atoms with van der Waals surface area (Å²) in [7, 11) is 0. The van der Waals surface area contributed by atoms with Crippen molar-refractivity contribution in [2.45, 2.75) is 0 Å². The Morgan fingerprint density at radius 1 is 1.10 bits per heavy atom. The second kappa shape index (κ2) is 4.04. The lowest BCUT2D eigenvalue weighted by Gasteiger charge is -2.24. The van der Waals surface area contributed by atoms with Crippen LogP contribution in [0.25, 0.3) is 11.3 Å². The largest absolute Gasteiger partial charge is 0.266 e. The molecule has 0 aliphatic carbocycles. The predicted octanol–water partition coefficient (Wildman–Crippen LogP) is 1.69. The molecule has 2 aromatic heterocycles. The van der Waals surface area contributed by atoms with Crippen LogP contribution >= 0.6 is 0 Å². The summed E-state index contributed by atoms with van der Waals surface area (Å²) < 4.78 is 0.197. The highest BCUT2D eigenvalue weighted by Crippen LogP contribution is 2.36. The number of nitrogens with zero attached hydrogens (tertiary/aromatic N) is 6. The molecule has 1 atom stereocenters. The van der Waals surface area contributed by atoms with Gasteiger partial charge in [0.05, 0.1) is 11.9 Å². The monoisotopic (exact) mass is 264 g/mol. The molecule has 2 aromatic rings. The lowest BCUT2D eigenvalue weighted by molar-refractivity contribution is 0.721. The molecule has 7 nitrogen and oxygen atoms in total. The van der Waals surface area contributed by atoms with E-state index >= 15 is 0 Å². The van der Waals surface area contributed by atoms with Gasteiger partial charge in [0, 0.05) is 6.20 Å². The molecule has 96 valence electrons. The molecular formula is C13H10N7+. The first-order valence-corrected chi connectivity index (χ1v) is 6.06. The number of fused-ring (bicyclic) bond motifs is 1. The van der Waals surface area contributed by atoms with E-state index in [0.717, 1.165) is 22.9 Å². The highest BCUT2D eigenvalue weighted by atomic mass is 15.5. The van der Waals surface area contributed by atoms with Crippen molar-refractivity contribution in [1.29, 1.82) is 0 Å². The summed E-state index contributed by atoms with van der Waals surface area (Å²) in [6.07, 6.45) is 10.2. The van der Waals surface area contributed by atoms with Crippen molar-refractivity contribution in [3.05, 3.63) is 42.6 Å². The van der Waals surface area contributed by atoms with Crippen LogP contribution in [0.5, 0.6) is 0 Å². The fourth-order valence-electron chi connectivity index (χ4n) is 2.31. The number of rotatable bonds is 2. The highest BCUT2D eigenvalue weighted by Gasteiger charge is 2.42. The first kappa shape index (κ1) is 10.9. The third-order valence-electron chi connectivity index (χ3n) is 3.25. The van der Waals surface area contributed by atoms with Crippen LogP contribution in [0.2, 0.25) is 0 Å². The normalized spacial score (nSPS) is 22.9. The second-order valence-electron chi connectivity index (χ2n) is 4.39. The van der Waals surface area contributed by atoms with E-state index < -0.39 is 0 Å². The van der Waals surface area contributed by atoms with Crippen LogP contribution in [-0.4, -0.2) is 34.2 Å². The molecule has 0 fully saturated rings. The van der Waals surface area contributed by atoms with E-state index in [1.165, 1.54) is 6.34 Å². The van der Waals surface area contributed by atoms with Crippen molar-refractivity contribution in [2.24, 2.45) is 15.0 Å². The maximum atomic E-state index is 4.37. The number of quaternary nitrogens is 1. The van der Waals surface area contributed by atoms with E-state index in [-0.39, 0.29) is 4.48 Å². The Morgan fingerprint density at radius 2 is 2.05 bits per heavy atom. The average molecular weight is 264 g/mol. The maximum Gasteiger partial charge on any atom is 0.266 e. The third-order valence-corrected chi connectivity index (χ3v) is 3.25. The number of hydrogen-bond acceptors (Lipinski definition) is 5. The van der Waals surface area contributed by atoms with E-state index in [1.54, 1.807) is 31.3 Å². The third kappa shape index (κ3) is 1.41. The van der Waals surface area contributed by atoms with Crippen LogP contribution in [0.1, 0.15) is 0 Å². The fourth-order valence-corrected chi connectivity index (χ4v) is 2.31. The van der Waals surface area contributed by atoms with Gasteiger partial charge in [0.1, 0.15) is 18.1 Å². The Balaban J connectivity index is 1.91. The van der Waals surface area contributed by atoms with Crippen molar-refractivity contribution in [3.8, 4) is 11.3 Å². The molecule has 2 aliphatic rings. The number of H-pyrrole nitrogens is 1. The van der Waals surface area contributed by atoms with Gasteiger partial charge in [0.25, 0.3) is 11.6 Å². The summed E-state index contributed by atoms with van der Waals surface area (Å²) in [5.41, 5.74) is 1.74. The van der Waals surface area contributed by atoms with Gasteiger partial charge in [0.2, 0.25) is 12.7 Å². The Hall–Kier alpha value is -2.93. The average Bonchev–Trinajstić information content (AvgIpc) is 3.15. The summed E-state index contributed by atoms with van der Waals surface area (Å²) in [5, 5.41) is 7.17. The van der Waals surface area contributed by atoms with Crippen molar-refractivity contribution >= 4 is 24.8 Å². The van der Waals surface area contributed by atoms with Crippen LogP contribution in [0.4, 0.5) is 5.82 Å². The minimum atomic E-state index is 0.197. The van der Waals surface area contributed by atoms with E-state index in [9.17, 15) is 0 Å². The minimum Gasteiger partial charge on any atom is -0.256 e. The van der Waals surface area contributed by atoms with Crippen LogP contribution in [0, 0.1) is 0 Å². The fraction of sp³-hybridized carbons (Fsp3) is 0. The molecule has 0 spiro atoms. The van der Waals surface area contributed by atoms with E-state index in [1.807, 2.05) is 18.2 Å². The number of pyridine rings is 1. The standard InChI is InChI=1S/C13H10N7/c1-2-4-16-11(3-1)10-5-18-19-13(10)20-8-14-6-12(20)17-7-15-9-20/h1-9H,(H,18,19)/q+1. The van der Waals surface area contributed by atoms with Gasteiger partial charge < -0.3 is 0 Å². The molecule has 0 bridgehead atoms. The number of aromatic amines is 1. The summed E-state index contributed by atoms with van der Waals surface area (Å²) >= 11 is 0. The number of aromatic nitrogens is 3. The molecular weight excluding hydrogens is 254 g/mol. The van der Waals surface area contributed by atoms with Crippen molar-refractivity contribution in [1.82, 2.24) is 19.7 Å². The molecule has 0 amide bonds. The van der Waals surface area contributed by atoms with Crippen LogP contribution in [0.3, 0.4) is 0 Å². The summed E-state index contributed by atoms with van der Waals surface area (Å²) in [4.78, 5) is 17.0. The van der Waals surface area contributed by atoms with Gasteiger partial charge in [-0.15, -0.1) is 4.48 Å². The molecule has 20 heavy (non-hydrogen) atoms. The smallest absolute Gasteiger partial charge is 0.256 e. The summed E-state index contributed by atoms with van der Waals surface area (Å²) in [6.45, 7) is 0. The Morgan fingerprint density at radius 3 is 2.95 bits per heavy atom. The highest BCUT2D eigenvalue weighted by molar-refractivity contribution is 6.03. The van der Waals surface area contributed by atoms with E-state index in [4.69, 9.17) is 0 Å². The Bertz CT molecular complexity index is 769. The number of aliphatic imine (C=N–C) groups is 3. The molecule has 4 heterocycles. The Kier molecular flexibility index (Phi) is 2.21. The zero-order valence-electron chi connectivity index (χ0n) is 10.4. The molecule has 1 N–H and O–H groups in total. The first-order chi connectivity index (χ1) is 9.90. The number of hydrogen-bond donors (Lipinski definition) is 1. The topological polar surface area (TPSA) is 78.6 Å². The quantitative estimate of drug-likeness (QED) is 0.838. The second-order valence-corrected chi connectivity index (χ2v) is 4.39. The van der Waals surface area contributed by atoms with Crippen LogP contribution in [0.15, 0.2) is 57.6 Å². The lowest BCUT2D eigenvalue weighted by Crippen LogP contribution is -2.45. The van der Waals surface area contributed by atoms with E-state index in [2.05, 4.69) is 30.2 Å². The molecule has 1 unspecified atom stereocenters. The molecule has 0 radical (unpaired) electrons. The molecule has 4 rings (SSSR count). The van der Waals surface area contributed by atoms with Gasteiger partial charge >= 0.3 is 0 Å². The van der Waals surface area contributed by atoms with Gasteiger partial charge in [-0.25, -0.2) is 10.1 Å². The SMILES string of the molecule is C1=NC=NC2=CN=C[N+]12c1[nH]ncc1-c1ccccn1. The van der Waals surface area contributed by atoms with Crippen LogP contribution in [-0.2, 0) is 0 Å². The van der Waals surface area contributed by atoms with Gasteiger partial charge in [0.15, 0.2) is 0 Å². The number of nitrogens with one attached hydrogen (secondary N) is 1. The van der Waals surface area contributed by atoms with Gasteiger partial charge in [-0.3, -0.25) is 4.98 Å². The van der Waals surface area contributed by atoms with Crippen molar-refractivity contribution in [2.75, 3.05) is 0 Å². The molecule has 2 aliphatic heterocycles. The van der Waals surface area contributed by atoms with Crippen molar-refractivity contribution in [3.63, 3.8) is 0 Å². The molecule has 0 saturated heterocycles. The maximum absolute atomic E-state index is 4.37. The van der Waals surface area contributed by atoms with Crippen LogP contribution < -0.4 is 4.48 Å². The zero-order valence-corrected chi connectivity index (χ0v) is 10.4. The molecule has 0 aromatic carbocycles. The zero-order chi connectivity index (χ0) is 13.4. The van der Waals surface area contributed by atoms with Crippen molar-refractivity contribution < 1.29 is 0 Å². The first-order valence-electron chi connectivity index (χ1n) is 6.06.